The Kier molecular flexibility index (Phi) is 6.78. The number of fused-ring (bicyclic) bond motifs is 4. The summed E-state index contributed by atoms with van der Waals surface area (Å²) in [5, 5.41) is 13.7. The van der Waals surface area contributed by atoms with E-state index in [1.54, 1.807) is 42.5 Å². The van der Waals surface area contributed by atoms with Crippen molar-refractivity contribution < 1.29 is 24.3 Å². The van der Waals surface area contributed by atoms with Crippen molar-refractivity contribution in [1.82, 2.24) is 4.90 Å². The van der Waals surface area contributed by atoms with Gasteiger partial charge in [-0.1, -0.05) is 83.9 Å². The van der Waals surface area contributed by atoms with Gasteiger partial charge in [-0.25, -0.2) is 4.90 Å². The van der Waals surface area contributed by atoms with Crippen LogP contribution in [0.4, 0.5) is 5.69 Å². The number of para-hydroxylation sites is 1. The number of carbonyl (C=O) groups is 4. The summed E-state index contributed by atoms with van der Waals surface area (Å²) in [6.45, 7) is 0.213. The zero-order valence-electron chi connectivity index (χ0n) is 24.6. The minimum absolute atomic E-state index is 0.000157. The van der Waals surface area contributed by atoms with Gasteiger partial charge in [0.1, 0.15) is 5.75 Å². The predicted molar refractivity (Wildman–Crippen MR) is 174 cm³/mol. The number of benzene rings is 3. The molecular formula is C37H29ClN2O5S. The van der Waals surface area contributed by atoms with Crippen molar-refractivity contribution in [2.45, 2.75) is 30.7 Å². The maximum absolute atomic E-state index is 15.2. The zero-order chi connectivity index (χ0) is 31.7. The SMILES string of the molecule is O=C1C2CC=C3C(CC4C(=O)N(c5cccc(Cl)c5)C(=O)C4(c4ccccc4)C3c3ccccc3O)C2C(=O)N1Cc1cccs1. The summed E-state index contributed by atoms with van der Waals surface area (Å²) in [5.74, 6) is -4.58. The summed E-state index contributed by atoms with van der Waals surface area (Å²) in [5.41, 5.74) is 0.929. The Balaban J connectivity index is 1.34. The highest BCUT2D eigenvalue weighted by Crippen LogP contribution is 2.65. The molecule has 6 atom stereocenters. The number of thiophene rings is 1. The molecule has 0 bridgehead atoms. The van der Waals surface area contributed by atoms with Crippen molar-refractivity contribution >= 4 is 52.3 Å². The summed E-state index contributed by atoms with van der Waals surface area (Å²) in [7, 11) is 0. The fourth-order valence-electron chi connectivity index (χ4n) is 8.60. The number of likely N-dealkylation sites (tertiary alicyclic amines) is 1. The van der Waals surface area contributed by atoms with E-state index in [2.05, 4.69) is 0 Å². The van der Waals surface area contributed by atoms with E-state index >= 15 is 4.79 Å². The van der Waals surface area contributed by atoms with E-state index in [9.17, 15) is 19.5 Å². The van der Waals surface area contributed by atoms with Crippen molar-refractivity contribution in [1.29, 1.82) is 0 Å². The molecule has 0 spiro atoms. The standard InChI is InChI=1S/C37H29ClN2O5S/c38-22-10-6-11-23(18-22)40-34(43)29-19-28-25(15-16-27-31(28)35(44)39(33(27)42)20-24-12-7-17-46-24)32(26-13-4-5-14-30(26)41)37(29,36(40)45)21-8-2-1-3-9-21/h1-15,17-18,27-29,31-32,41H,16,19-20H2. The highest BCUT2D eigenvalue weighted by Gasteiger charge is 2.70. The number of rotatable bonds is 5. The molecule has 9 heteroatoms. The molecule has 46 heavy (non-hydrogen) atoms. The Bertz CT molecular complexity index is 1940. The van der Waals surface area contributed by atoms with Gasteiger partial charge >= 0.3 is 0 Å². The number of halogens is 1. The second-order valence-corrected chi connectivity index (χ2v) is 14.0. The van der Waals surface area contributed by atoms with E-state index in [0.29, 0.717) is 28.3 Å². The van der Waals surface area contributed by atoms with Crippen LogP contribution in [0.15, 0.2) is 108 Å². The Morgan fingerprint density at radius 2 is 1.63 bits per heavy atom. The summed E-state index contributed by atoms with van der Waals surface area (Å²) in [6, 6.07) is 26.7. The summed E-state index contributed by atoms with van der Waals surface area (Å²) in [4.78, 5) is 61.3. The lowest BCUT2D eigenvalue weighted by atomic mass is 9.49. The number of aromatic hydroxyl groups is 1. The fourth-order valence-corrected chi connectivity index (χ4v) is 9.48. The van der Waals surface area contributed by atoms with Crippen molar-refractivity contribution in [3.63, 3.8) is 0 Å². The molecule has 2 aliphatic carbocycles. The monoisotopic (exact) mass is 648 g/mol. The van der Waals surface area contributed by atoms with Gasteiger partial charge in [-0.15, -0.1) is 11.3 Å². The van der Waals surface area contributed by atoms with Crippen LogP contribution in [0.1, 0.15) is 34.8 Å². The molecule has 8 rings (SSSR count). The molecule has 230 valence electrons. The summed E-state index contributed by atoms with van der Waals surface area (Å²) >= 11 is 7.85. The molecule has 4 aromatic rings. The van der Waals surface area contributed by atoms with Crippen molar-refractivity contribution in [2.24, 2.45) is 23.7 Å². The minimum atomic E-state index is -1.42. The molecule has 4 amide bonds. The molecule has 0 radical (unpaired) electrons. The number of anilines is 1. The van der Waals surface area contributed by atoms with Crippen LogP contribution in [0.3, 0.4) is 0 Å². The predicted octanol–water partition coefficient (Wildman–Crippen LogP) is 6.47. The second kappa shape index (κ2) is 10.8. The zero-order valence-corrected chi connectivity index (χ0v) is 26.2. The second-order valence-electron chi connectivity index (χ2n) is 12.5. The number of allylic oxidation sites excluding steroid dienone is 2. The van der Waals surface area contributed by atoms with E-state index in [-0.39, 0.29) is 36.4 Å². The average Bonchev–Trinajstić information content (AvgIpc) is 3.73. The Morgan fingerprint density at radius 3 is 2.37 bits per heavy atom. The van der Waals surface area contributed by atoms with Crippen molar-refractivity contribution in [3.8, 4) is 5.75 Å². The van der Waals surface area contributed by atoms with E-state index in [1.165, 1.54) is 21.1 Å². The molecular weight excluding hydrogens is 620 g/mol. The van der Waals surface area contributed by atoms with Gasteiger partial charge in [0.2, 0.25) is 23.6 Å². The molecule has 2 aliphatic heterocycles. The number of imide groups is 2. The van der Waals surface area contributed by atoms with Crippen LogP contribution in [0, 0.1) is 23.7 Å². The summed E-state index contributed by atoms with van der Waals surface area (Å²) < 4.78 is 0. The third-order valence-electron chi connectivity index (χ3n) is 10.4. The van der Waals surface area contributed by atoms with Gasteiger partial charge in [-0.2, -0.15) is 0 Å². The number of phenols is 1. The Hall–Kier alpha value is -4.53. The fraction of sp³-hybridized carbons (Fsp3) is 0.243. The molecule has 6 unspecified atom stereocenters. The van der Waals surface area contributed by atoms with E-state index in [0.717, 1.165) is 10.5 Å². The Labute approximate surface area is 274 Å². The third-order valence-corrected chi connectivity index (χ3v) is 11.5. The molecule has 2 saturated heterocycles. The maximum atomic E-state index is 15.2. The normalized spacial score (nSPS) is 28.6. The van der Waals surface area contributed by atoms with Crippen LogP contribution in [-0.4, -0.2) is 33.6 Å². The topological polar surface area (TPSA) is 95.0 Å². The van der Waals surface area contributed by atoms with Gasteiger partial charge in [-0.3, -0.25) is 24.1 Å². The van der Waals surface area contributed by atoms with Gasteiger partial charge in [-0.05, 0) is 60.0 Å². The lowest BCUT2D eigenvalue weighted by Gasteiger charge is -2.50. The first-order valence-corrected chi connectivity index (χ1v) is 16.6. The first kappa shape index (κ1) is 28.9. The van der Waals surface area contributed by atoms with Crippen molar-refractivity contribution in [3.05, 3.63) is 129 Å². The molecule has 4 aliphatic rings. The molecule has 3 fully saturated rings. The molecule has 1 N–H and O–H groups in total. The molecule has 3 aromatic carbocycles. The number of hydrogen-bond donors (Lipinski definition) is 1. The van der Waals surface area contributed by atoms with Gasteiger partial charge in [0.05, 0.1) is 35.4 Å². The maximum Gasteiger partial charge on any atom is 0.246 e. The van der Waals surface area contributed by atoms with Gasteiger partial charge in [0.15, 0.2) is 0 Å². The summed E-state index contributed by atoms with van der Waals surface area (Å²) in [6.07, 6.45) is 2.55. The van der Waals surface area contributed by atoms with E-state index in [1.807, 2.05) is 60.0 Å². The number of carbonyl (C=O) groups excluding carboxylic acids is 4. The number of nitrogens with zero attached hydrogens (tertiary/aromatic N) is 2. The largest absolute Gasteiger partial charge is 0.508 e. The van der Waals surface area contributed by atoms with Gasteiger partial charge in [0, 0.05) is 21.4 Å². The number of phenolic OH excluding ortho intramolecular Hbond substituents is 1. The molecule has 1 saturated carbocycles. The van der Waals surface area contributed by atoms with Crippen LogP contribution < -0.4 is 4.90 Å². The Morgan fingerprint density at radius 1 is 0.848 bits per heavy atom. The smallest absolute Gasteiger partial charge is 0.246 e. The third kappa shape index (κ3) is 4.02. The van der Waals surface area contributed by atoms with E-state index in [4.69, 9.17) is 11.6 Å². The first-order valence-electron chi connectivity index (χ1n) is 15.4. The van der Waals surface area contributed by atoms with Gasteiger partial charge < -0.3 is 5.11 Å². The number of amides is 4. The first-order chi connectivity index (χ1) is 22.3. The van der Waals surface area contributed by atoms with E-state index < -0.39 is 40.9 Å². The average molecular weight is 649 g/mol. The van der Waals surface area contributed by atoms with Crippen LogP contribution >= 0.6 is 22.9 Å². The van der Waals surface area contributed by atoms with Crippen LogP contribution in [-0.2, 0) is 31.1 Å². The number of hydrogen-bond acceptors (Lipinski definition) is 6. The molecule has 1 aromatic heterocycles. The van der Waals surface area contributed by atoms with Crippen LogP contribution in [0.25, 0.3) is 0 Å². The van der Waals surface area contributed by atoms with Gasteiger partial charge in [0.25, 0.3) is 0 Å². The van der Waals surface area contributed by atoms with Crippen LogP contribution in [0.5, 0.6) is 5.75 Å². The highest BCUT2D eigenvalue weighted by molar-refractivity contribution is 7.09. The lowest BCUT2D eigenvalue weighted by molar-refractivity contribution is -0.141. The van der Waals surface area contributed by atoms with Crippen LogP contribution in [0.2, 0.25) is 5.02 Å². The lowest BCUT2D eigenvalue weighted by Crippen LogP contribution is -2.53. The molecule has 3 heterocycles. The van der Waals surface area contributed by atoms with Crippen molar-refractivity contribution in [2.75, 3.05) is 4.90 Å². The quantitative estimate of drug-likeness (QED) is 0.198. The molecule has 7 nitrogen and oxygen atoms in total. The highest BCUT2D eigenvalue weighted by atomic mass is 35.5. The minimum Gasteiger partial charge on any atom is -0.508 e.